The molecule has 5 nitrogen and oxygen atoms in total. The molecule has 0 saturated heterocycles. The Kier molecular flexibility index (Phi) is 7.53. The van der Waals surface area contributed by atoms with E-state index in [1.807, 2.05) is 6.07 Å². The van der Waals surface area contributed by atoms with Gasteiger partial charge in [-0.1, -0.05) is 18.2 Å². The van der Waals surface area contributed by atoms with E-state index in [1.54, 1.807) is 31.2 Å². The molecule has 0 aliphatic rings. The highest BCUT2D eigenvalue weighted by Gasteiger charge is 2.06. The summed E-state index contributed by atoms with van der Waals surface area (Å²) in [5.74, 6) is 0.259. The van der Waals surface area contributed by atoms with Crippen LogP contribution in [0.25, 0.3) is 0 Å². The quantitative estimate of drug-likeness (QED) is 0.648. The van der Waals surface area contributed by atoms with E-state index in [4.69, 9.17) is 5.11 Å². The first-order chi connectivity index (χ1) is 7.52. The molecule has 0 saturated carbocycles. The maximum absolute atomic E-state index is 10.4. The van der Waals surface area contributed by atoms with Gasteiger partial charge in [0.05, 0.1) is 12.4 Å². The van der Waals surface area contributed by atoms with Gasteiger partial charge in [0.15, 0.2) is 0 Å². The standard InChI is InChI=1S/C6H6O.C4H10O4S/c7-6-4-2-1-3-5-6;1-3-7-8-9(5,6)4-2/h1-5,7H;3-4H2,1-2H3. The van der Waals surface area contributed by atoms with E-state index >= 15 is 0 Å². The first-order valence-corrected chi connectivity index (χ1v) is 6.37. The SMILES string of the molecule is CCOOS(=O)(=O)CC.Oc1ccccc1. The van der Waals surface area contributed by atoms with Crippen LogP contribution in [0.5, 0.6) is 5.75 Å². The lowest BCUT2D eigenvalue weighted by Crippen LogP contribution is -2.08. The van der Waals surface area contributed by atoms with Gasteiger partial charge in [0.1, 0.15) is 5.75 Å². The Hall–Kier alpha value is -1.11. The number of phenolic OH excluding ortho intramolecular Hbond substituents is 1. The summed E-state index contributed by atoms with van der Waals surface area (Å²) in [5, 5.41) is 8.63. The maximum atomic E-state index is 10.4. The van der Waals surface area contributed by atoms with Crippen molar-refractivity contribution in [2.24, 2.45) is 0 Å². The van der Waals surface area contributed by atoms with Crippen molar-refractivity contribution in [2.75, 3.05) is 12.4 Å². The van der Waals surface area contributed by atoms with Gasteiger partial charge in [0, 0.05) is 0 Å². The molecule has 16 heavy (non-hydrogen) atoms. The van der Waals surface area contributed by atoms with Crippen molar-refractivity contribution >= 4 is 10.1 Å². The number of aromatic hydroxyl groups is 1. The molecule has 1 aromatic carbocycles. The smallest absolute Gasteiger partial charge is 0.293 e. The molecule has 92 valence electrons. The topological polar surface area (TPSA) is 72.8 Å². The Balaban J connectivity index is 0.000000288. The van der Waals surface area contributed by atoms with E-state index in [2.05, 4.69) is 9.22 Å². The number of phenols is 1. The largest absolute Gasteiger partial charge is 0.508 e. The average molecular weight is 248 g/mol. The average Bonchev–Trinajstić information content (AvgIpc) is 2.28. The second-order valence-electron chi connectivity index (χ2n) is 2.66. The number of para-hydroxylation sites is 1. The summed E-state index contributed by atoms with van der Waals surface area (Å²) < 4.78 is 24.8. The summed E-state index contributed by atoms with van der Waals surface area (Å²) >= 11 is 0. The molecule has 0 radical (unpaired) electrons. The van der Waals surface area contributed by atoms with Crippen molar-refractivity contribution in [3.63, 3.8) is 0 Å². The van der Waals surface area contributed by atoms with Gasteiger partial charge in [-0.25, -0.2) is 4.89 Å². The van der Waals surface area contributed by atoms with Gasteiger partial charge in [-0.2, -0.15) is 8.42 Å². The molecule has 0 atom stereocenters. The minimum Gasteiger partial charge on any atom is -0.508 e. The normalized spacial score (nSPS) is 10.4. The molecule has 0 amide bonds. The van der Waals surface area contributed by atoms with Crippen LogP contribution in [0.3, 0.4) is 0 Å². The zero-order valence-electron chi connectivity index (χ0n) is 9.29. The fourth-order valence-corrected chi connectivity index (χ4v) is 0.937. The molecule has 0 heterocycles. The lowest BCUT2D eigenvalue weighted by atomic mass is 10.3. The summed E-state index contributed by atoms with van der Waals surface area (Å²) in [4.78, 5) is 4.20. The van der Waals surface area contributed by atoms with E-state index in [0.29, 0.717) is 5.75 Å². The molecule has 0 aliphatic heterocycles. The van der Waals surface area contributed by atoms with Gasteiger partial charge in [-0.15, -0.1) is 4.33 Å². The Morgan fingerprint density at radius 1 is 1.19 bits per heavy atom. The lowest BCUT2D eigenvalue weighted by Gasteiger charge is -1.97. The Morgan fingerprint density at radius 3 is 2.06 bits per heavy atom. The number of rotatable bonds is 4. The van der Waals surface area contributed by atoms with Gasteiger partial charge in [-0.3, -0.25) is 0 Å². The van der Waals surface area contributed by atoms with Crippen LogP contribution in [0, 0.1) is 0 Å². The Bertz CT molecular complexity index is 360. The third-order valence-corrected chi connectivity index (χ3v) is 2.39. The van der Waals surface area contributed by atoms with Crippen molar-refractivity contribution in [3.8, 4) is 5.75 Å². The predicted molar refractivity (Wildman–Crippen MR) is 60.3 cm³/mol. The summed E-state index contributed by atoms with van der Waals surface area (Å²) in [5.41, 5.74) is 0. The summed E-state index contributed by atoms with van der Waals surface area (Å²) in [7, 11) is -3.40. The molecule has 0 bridgehead atoms. The third kappa shape index (κ3) is 8.22. The molecule has 0 fully saturated rings. The van der Waals surface area contributed by atoms with Crippen LogP contribution < -0.4 is 0 Å². The number of hydrogen-bond donors (Lipinski definition) is 1. The Labute approximate surface area is 95.7 Å². The van der Waals surface area contributed by atoms with Gasteiger partial charge in [-0.05, 0) is 26.0 Å². The molecule has 0 aromatic heterocycles. The first kappa shape index (κ1) is 14.9. The van der Waals surface area contributed by atoms with E-state index in [9.17, 15) is 8.42 Å². The zero-order chi connectivity index (χ0) is 12.4. The predicted octanol–water partition coefficient (Wildman–Crippen LogP) is 1.70. The van der Waals surface area contributed by atoms with Crippen molar-refractivity contribution in [3.05, 3.63) is 30.3 Å². The van der Waals surface area contributed by atoms with Crippen molar-refractivity contribution in [1.82, 2.24) is 0 Å². The van der Waals surface area contributed by atoms with Crippen LogP contribution in [-0.2, 0) is 19.3 Å². The van der Waals surface area contributed by atoms with Crippen LogP contribution in [0.1, 0.15) is 13.8 Å². The molecule has 6 heteroatoms. The van der Waals surface area contributed by atoms with E-state index in [-0.39, 0.29) is 12.4 Å². The molecule has 1 N–H and O–H groups in total. The van der Waals surface area contributed by atoms with Crippen LogP contribution >= 0.6 is 0 Å². The van der Waals surface area contributed by atoms with Gasteiger partial charge in [0.2, 0.25) is 0 Å². The summed E-state index contributed by atoms with van der Waals surface area (Å²) in [6, 6.07) is 8.71. The highest BCUT2D eigenvalue weighted by molar-refractivity contribution is 7.86. The monoisotopic (exact) mass is 248 g/mol. The molecule has 1 aromatic rings. The van der Waals surface area contributed by atoms with Crippen molar-refractivity contribution in [1.29, 1.82) is 0 Å². The van der Waals surface area contributed by atoms with Crippen molar-refractivity contribution < 1.29 is 22.7 Å². The fourth-order valence-electron chi connectivity index (χ4n) is 0.598. The highest BCUT2D eigenvalue weighted by Crippen LogP contribution is 2.02. The third-order valence-electron chi connectivity index (χ3n) is 1.38. The van der Waals surface area contributed by atoms with E-state index < -0.39 is 10.1 Å². The Morgan fingerprint density at radius 2 is 1.75 bits per heavy atom. The maximum Gasteiger partial charge on any atom is 0.293 e. The molecule has 0 spiro atoms. The van der Waals surface area contributed by atoms with Crippen LogP contribution in [0.2, 0.25) is 0 Å². The van der Waals surface area contributed by atoms with Crippen LogP contribution in [-0.4, -0.2) is 25.9 Å². The van der Waals surface area contributed by atoms with Gasteiger partial charge >= 0.3 is 0 Å². The summed E-state index contributed by atoms with van der Waals surface area (Å²) in [6.07, 6.45) is 0. The van der Waals surface area contributed by atoms with E-state index in [1.165, 1.54) is 6.92 Å². The lowest BCUT2D eigenvalue weighted by molar-refractivity contribution is -0.196. The van der Waals surface area contributed by atoms with E-state index in [0.717, 1.165) is 0 Å². The molecule has 0 unspecified atom stereocenters. The molecule has 1 rings (SSSR count). The second kappa shape index (κ2) is 8.09. The van der Waals surface area contributed by atoms with Gasteiger partial charge in [0.25, 0.3) is 10.1 Å². The van der Waals surface area contributed by atoms with Crippen LogP contribution in [0.4, 0.5) is 0 Å². The van der Waals surface area contributed by atoms with Crippen molar-refractivity contribution in [2.45, 2.75) is 13.8 Å². The number of benzene rings is 1. The molecule has 0 aliphatic carbocycles. The number of hydrogen-bond acceptors (Lipinski definition) is 5. The zero-order valence-corrected chi connectivity index (χ0v) is 10.1. The minimum absolute atomic E-state index is 0.0625. The van der Waals surface area contributed by atoms with Crippen LogP contribution in [0.15, 0.2) is 30.3 Å². The fraction of sp³-hybridized carbons (Fsp3) is 0.400. The second-order valence-corrected chi connectivity index (χ2v) is 4.49. The highest BCUT2D eigenvalue weighted by atomic mass is 32.2. The molecular weight excluding hydrogens is 232 g/mol. The summed E-state index contributed by atoms with van der Waals surface area (Å²) in [6.45, 7) is 3.36. The first-order valence-electron chi connectivity index (χ1n) is 4.79. The van der Waals surface area contributed by atoms with Gasteiger partial charge < -0.3 is 5.11 Å². The molecular formula is C10H16O5S. The minimum atomic E-state index is -3.40.